The predicted molar refractivity (Wildman–Crippen MR) is 90.0 cm³/mol. The highest BCUT2D eigenvalue weighted by Crippen LogP contribution is 2.30. The van der Waals surface area contributed by atoms with Gasteiger partial charge < -0.3 is 9.80 Å². The van der Waals surface area contributed by atoms with E-state index in [1.165, 1.54) is 12.0 Å². The molecule has 0 unspecified atom stereocenters. The van der Waals surface area contributed by atoms with Gasteiger partial charge in [0.25, 0.3) is 0 Å². The van der Waals surface area contributed by atoms with Gasteiger partial charge in [0.1, 0.15) is 0 Å². The van der Waals surface area contributed by atoms with Crippen molar-refractivity contribution in [2.45, 2.75) is 45.1 Å². The molecule has 2 amide bonds. The molecule has 3 heterocycles. The molecule has 0 radical (unpaired) electrons. The molecule has 0 aromatic carbocycles. The summed E-state index contributed by atoms with van der Waals surface area (Å²) >= 11 is 0. The number of hydrogen-bond donors (Lipinski definition) is 0. The summed E-state index contributed by atoms with van der Waals surface area (Å²) in [5, 5.41) is 0. The van der Waals surface area contributed by atoms with Crippen molar-refractivity contribution in [1.82, 2.24) is 14.8 Å². The largest absolute Gasteiger partial charge is 0.342 e. The highest BCUT2D eigenvalue weighted by atomic mass is 16.2. The fourth-order valence-corrected chi connectivity index (χ4v) is 4.07. The van der Waals surface area contributed by atoms with E-state index in [4.69, 9.17) is 0 Å². The monoisotopic (exact) mass is 327 g/mol. The maximum Gasteiger partial charge on any atom is 0.226 e. The molecule has 1 saturated carbocycles. The minimum Gasteiger partial charge on any atom is -0.342 e. The molecule has 0 spiro atoms. The minimum absolute atomic E-state index is 0.0775. The van der Waals surface area contributed by atoms with Crippen LogP contribution in [0.2, 0.25) is 0 Å². The van der Waals surface area contributed by atoms with Gasteiger partial charge in [-0.05, 0) is 37.3 Å². The highest BCUT2D eigenvalue weighted by molar-refractivity contribution is 5.81. The van der Waals surface area contributed by atoms with Gasteiger partial charge in [-0.15, -0.1) is 0 Å². The van der Waals surface area contributed by atoms with Crippen LogP contribution in [0.15, 0.2) is 18.3 Å². The van der Waals surface area contributed by atoms with Gasteiger partial charge in [0.2, 0.25) is 11.8 Å². The summed E-state index contributed by atoms with van der Waals surface area (Å²) < 4.78 is 0. The molecule has 1 aromatic rings. The van der Waals surface area contributed by atoms with Crippen LogP contribution in [-0.2, 0) is 22.6 Å². The molecule has 3 aliphatic rings. The van der Waals surface area contributed by atoms with Crippen LogP contribution >= 0.6 is 0 Å². The fraction of sp³-hybridized carbons (Fsp3) is 0.632. The molecular weight excluding hydrogens is 302 g/mol. The third kappa shape index (κ3) is 2.92. The summed E-state index contributed by atoms with van der Waals surface area (Å²) in [4.78, 5) is 33.5. The number of likely N-dealkylation sites (tertiary alicyclic amines) is 1. The van der Waals surface area contributed by atoms with E-state index < -0.39 is 0 Å². The van der Waals surface area contributed by atoms with Crippen molar-refractivity contribution in [2.24, 2.45) is 11.8 Å². The fourth-order valence-electron chi connectivity index (χ4n) is 4.07. The topological polar surface area (TPSA) is 53.5 Å². The number of piperidine rings is 1. The number of pyridine rings is 1. The maximum absolute atomic E-state index is 12.8. The normalized spacial score (nSPS) is 22.0. The zero-order chi connectivity index (χ0) is 16.5. The molecule has 2 fully saturated rings. The number of nitrogens with zero attached hydrogens (tertiary/aromatic N) is 3. The Morgan fingerprint density at radius 1 is 0.958 bits per heavy atom. The number of carbonyl (C=O) groups excluding carboxylic acids is 2. The Hall–Kier alpha value is -1.91. The van der Waals surface area contributed by atoms with Gasteiger partial charge in [0, 0.05) is 56.3 Å². The molecule has 0 bridgehead atoms. The third-order valence-electron chi connectivity index (χ3n) is 5.89. The second-order valence-corrected chi connectivity index (χ2v) is 7.35. The lowest BCUT2D eigenvalue weighted by Crippen LogP contribution is -2.47. The smallest absolute Gasteiger partial charge is 0.226 e. The van der Waals surface area contributed by atoms with Gasteiger partial charge in [-0.25, -0.2) is 0 Å². The van der Waals surface area contributed by atoms with Crippen LogP contribution in [0.1, 0.15) is 43.4 Å². The maximum atomic E-state index is 12.8. The summed E-state index contributed by atoms with van der Waals surface area (Å²) in [5.74, 6) is 0.933. The van der Waals surface area contributed by atoms with E-state index in [1.54, 1.807) is 0 Å². The molecule has 1 saturated heterocycles. The summed E-state index contributed by atoms with van der Waals surface area (Å²) in [5.41, 5.74) is 2.30. The highest BCUT2D eigenvalue weighted by Gasteiger charge is 2.35. The molecule has 1 aromatic heterocycles. The Labute approximate surface area is 143 Å². The van der Waals surface area contributed by atoms with Gasteiger partial charge in [-0.3, -0.25) is 14.6 Å². The first-order valence-electron chi connectivity index (χ1n) is 9.22. The van der Waals surface area contributed by atoms with Crippen LogP contribution in [0.5, 0.6) is 0 Å². The van der Waals surface area contributed by atoms with E-state index in [2.05, 4.69) is 11.1 Å². The zero-order valence-corrected chi connectivity index (χ0v) is 14.1. The summed E-state index contributed by atoms with van der Waals surface area (Å²) in [6.07, 6.45) is 7.60. The molecule has 24 heavy (non-hydrogen) atoms. The first-order valence-corrected chi connectivity index (χ1v) is 9.22. The lowest BCUT2D eigenvalue weighted by Gasteiger charge is -2.38. The van der Waals surface area contributed by atoms with Crippen molar-refractivity contribution < 1.29 is 9.59 Å². The molecule has 0 atom stereocenters. The van der Waals surface area contributed by atoms with E-state index in [1.807, 2.05) is 22.1 Å². The molecule has 2 aliphatic heterocycles. The average molecular weight is 327 g/mol. The number of aromatic nitrogens is 1. The third-order valence-corrected chi connectivity index (χ3v) is 5.89. The van der Waals surface area contributed by atoms with Crippen LogP contribution in [-0.4, -0.2) is 46.2 Å². The lowest BCUT2D eigenvalue weighted by atomic mass is 9.83. The Morgan fingerprint density at radius 3 is 2.38 bits per heavy atom. The number of hydrogen-bond acceptors (Lipinski definition) is 3. The second-order valence-electron chi connectivity index (χ2n) is 7.35. The standard InChI is InChI=1S/C19H25N3O2/c23-18(14-3-1-4-14)21-10-6-15(7-11-21)19(24)22-12-8-17-16(13-22)5-2-9-20-17/h2,5,9,14-15H,1,3-4,6-8,10-13H2. The number of rotatable bonds is 2. The minimum atomic E-state index is 0.0775. The molecular formula is C19H25N3O2. The molecule has 128 valence electrons. The van der Waals surface area contributed by atoms with Crippen LogP contribution < -0.4 is 0 Å². The quantitative estimate of drug-likeness (QED) is 0.835. The van der Waals surface area contributed by atoms with Gasteiger partial charge in [0.15, 0.2) is 0 Å². The van der Waals surface area contributed by atoms with E-state index in [-0.39, 0.29) is 17.7 Å². The Morgan fingerprint density at radius 2 is 1.67 bits per heavy atom. The van der Waals surface area contributed by atoms with E-state index in [0.717, 1.165) is 57.4 Å². The summed E-state index contributed by atoms with van der Waals surface area (Å²) in [6.45, 7) is 2.95. The Kier molecular flexibility index (Phi) is 4.25. The number of fused-ring (bicyclic) bond motifs is 1. The van der Waals surface area contributed by atoms with Crippen molar-refractivity contribution in [3.8, 4) is 0 Å². The zero-order valence-electron chi connectivity index (χ0n) is 14.1. The van der Waals surface area contributed by atoms with Gasteiger partial charge in [-0.2, -0.15) is 0 Å². The van der Waals surface area contributed by atoms with Gasteiger partial charge in [-0.1, -0.05) is 12.5 Å². The van der Waals surface area contributed by atoms with Crippen molar-refractivity contribution in [1.29, 1.82) is 0 Å². The molecule has 1 aliphatic carbocycles. The van der Waals surface area contributed by atoms with E-state index in [9.17, 15) is 9.59 Å². The van der Waals surface area contributed by atoms with Crippen molar-refractivity contribution >= 4 is 11.8 Å². The Bertz CT molecular complexity index is 633. The molecule has 5 nitrogen and oxygen atoms in total. The number of amides is 2. The molecule has 4 rings (SSSR count). The van der Waals surface area contributed by atoms with Crippen molar-refractivity contribution in [3.63, 3.8) is 0 Å². The van der Waals surface area contributed by atoms with Crippen LogP contribution in [0.25, 0.3) is 0 Å². The van der Waals surface area contributed by atoms with Crippen molar-refractivity contribution in [2.75, 3.05) is 19.6 Å². The van der Waals surface area contributed by atoms with Crippen LogP contribution in [0, 0.1) is 11.8 Å². The summed E-state index contributed by atoms with van der Waals surface area (Å²) in [6, 6.07) is 4.01. The SMILES string of the molecule is O=C(C1CCC1)N1CCC(C(=O)N2CCc3ncccc3C2)CC1. The Balaban J connectivity index is 1.33. The van der Waals surface area contributed by atoms with Gasteiger partial charge >= 0.3 is 0 Å². The predicted octanol–water partition coefficient (Wildman–Crippen LogP) is 2.00. The molecule has 0 N–H and O–H groups in total. The first kappa shape index (κ1) is 15.6. The van der Waals surface area contributed by atoms with E-state index >= 15 is 0 Å². The molecule has 5 heteroatoms. The second kappa shape index (κ2) is 6.54. The van der Waals surface area contributed by atoms with E-state index in [0.29, 0.717) is 12.5 Å². The average Bonchev–Trinajstić information content (AvgIpc) is 2.59. The van der Waals surface area contributed by atoms with Crippen LogP contribution in [0.3, 0.4) is 0 Å². The van der Waals surface area contributed by atoms with Gasteiger partial charge in [0.05, 0.1) is 0 Å². The van der Waals surface area contributed by atoms with Crippen molar-refractivity contribution in [3.05, 3.63) is 29.6 Å². The van der Waals surface area contributed by atoms with Crippen LogP contribution in [0.4, 0.5) is 0 Å². The first-order chi connectivity index (χ1) is 11.7. The summed E-state index contributed by atoms with van der Waals surface area (Å²) in [7, 11) is 0. The number of carbonyl (C=O) groups is 2. The lowest BCUT2D eigenvalue weighted by molar-refractivity contribution is -0.144.